The van der Waals surface area contributed by atoms with Crippen LogP contribution in [0.15, 0.2) is 42.9 Å². The highest BCUT2D eigenvalue weighted by atomic mass is 14.9. The molecule has 2 heterocycles. The van der Waals surface area contributed by atoms with E-state index < -0.39 is 0 Å². The van der Waals surface area contributed by atoms with Gasteiger partial charge in [-0.05, 0) is 30.7 Å². The molecule has 0 radical (unpaired) electrons. The highest BCUT2D eigenvalue weighted by molar-refractivity contribution is 5.43. The van der Waals surface area contributed by atoms with Crippen LogP contribution in [0, 0.1) is 6.92 Å². The van der Waals surface area contributed by atoms with Crippen molar-refractivity contribution in [2.45, 2.75) is 13.5 Å². The summed E-state index contributed by atoms with van der Waals surface area (Å²) in [6.45, 7) is 2.77. The lowest BCUT2D eigenvalue weighted by Crippen LogP contribution is -1.99. The molecule has 0 saturated heterocycles. The van der Waals surface area contributed by atoms with Gasteiger partial charge in [-0.15, -0.1) is 0 Å². The third-order valence-corrected chi connectivity index (χ3v) is 2.12. The summed E-state index contributed by atoms with van der Waals surface area (Å²) in [5.41, 5.74) is 3.28. The monoisotopic (exact) mass is 199 g/mol. The number of nitrogens with zero attached hydrogens (tertiary/aromatic N) is 2. The van der Waals surface area contributed by atoms with Crippen molar-refractivity contribution in [3.05, 3.63) is 54.1 Å². The van der Waals surface area contributed by atoms with Crippen LogP contribution in [0.2, 0.25) is 0 Å². The zero-order valence-electron chi connectivity index (χ0n) is 8.64. The van der Waals surface area contributed by atoms with E-state index in [4.69, 9.17) is 0 Å². The second-order valence-corrected chi connectivity index (χ2v) is 3.40. The van der Waals surface area contributed by atoms with Gasteiger partial charge in [-0.25, -0.2) is 0 Å². The van der Waals surface area contributed by atoms with E-state index in [1.165, 1.54) is 5.56 Å². The van der Waals surface area contributed by atoms with Crippen molar-refractivity contribution in [2.24, 2.45) is 0 Å². The van der Waals surface area contributed by atoms with Crippen molar-refractivity contribution in [2.75, 3.05) is 5.32 Å². The number of rotatable bonds is 3. The molecular formula is C12H13N3. The van der Waals surface area contributed by atoms with E-state index in [1.807, 2.05) is 37.4 Å². The largest absolute Gasteiger partial charge is 0.381 e. The molecule has 0 aromatic carbocycles. The molecule has 0 spiro atoms. The first-order valence-electron chi connectivity index (χ1n) is 4.90. The van der Waals surface area contributed by atoms with E-state index >= 15 is 0 Å². The Bertz CT molecular complexity index is 426. The lowest BCUT2D eigenvalue weighted by molar-refractivity contribution is 1.10. The van der Waals surface area contributed by atoms with Crippen molar-refractivity contribution in [3.8, 4) is 0 Å². The molecule has 0 amide bonds. The van der Waals surface area contributed by atoms with Crippen LogP contribution in [0.1, 0.15) is 11.3 Å². The maximum Gasteiger partial charge on any atom is 0.0416 e. The fraction of sp³-hybridized carbons (Fsp3) is 0.167. The molecule has 0 atom stereocenters. The topological polar surface area (TPSA) is 37.8 Å². The minimum atomic E-state index is 0.789. The Morgan fingerprint density at radius 1 is 1.27 bits per heavy atom. The van der Waals surface area contributed by atoms with Gasteiger partial charge < -0.3 is 5.32 Å². The number of hydrogen-bond acceptors (Lipinski definition) is 3. The number of aromatic nitrogens is 2. The zero-order valence-corrected chi connectivity index (χ0v) is 8.64. The minimum Gasteiger partial charge on any atom is -0.381 e. The van der Waals surface area contributed by atoms with Crippen molar-refractivity contribution >= 4 is 5.69 Å². The summed E-state index contributed by atoms with van der Waals surface area (Å²) in [6, 6.07) is 7.97. The van der Waals surface area contributed by atoms with E-state index in [2.05, 4.69) is 15.3 Å². The van der Waals surface area contributed by atoms with Crippen LogP contribution in [0.4, 0.5) is 5.69 Å². The summed E-state index contributed by atoms with van der Waals surface area (Å²) in [5.74, 6) is 0. The summed E-state index contributed by atoms with van der Waals surface area (Å²) in [4.78, 5) is 8.20. The molecule has 2 aromatic rings. The maximum absolute atomic E-state index is 4.14. The van der Waals surface area contributed by atoms with Crippen LogP contribution >= 0.6 is 0 Å². The molecule has 0 unspecified atom stereocenters. The van der Waals surface area contributed by atoms with E-state index in [1.54, 1.807) is 12.4 Å². The van der Waals surface area contributed by atoms with Crippen molar-refractivity contribution in [1.82, 2.24) is 9.97 Å². The highest BCUT2D eigenvalue weighted by Gasteiger charge is 1.94. The normalized spacial score (nSPS) is 9.93. The SMILES string of the molecule is Cc1cc(NCc2cccnc2)ccn1. The number of nitrogens with one attached hydrogen (secondary N) is 1. The first-order chi connectivity index (χ1) is 7.34. The molecule has 0 bridgehead atoms. The minimum absolute atomic E-state index is 0.789. The second-order valence-electron chi connectivity index (χ2n) is 3.40. The zero-order chi connectivity index (χ0) is 10.5. The van der Waals surface area contributed by atoms with Crippen LogP contribution in [-0.4, -0.2) is 9.97 Å². The van der Waals surface area contributed by atoms with Gasteiger partial charge in [-0.2, -0.15) is 0 Å². The second kappa shape index (κ2) is 4.55. The summed E-state index contributed by atoms with van der Waals surface area (Å²) >= 11 is 0. The molecule has 3 heteroatoms. The van der Waals surface area contributed by atoms with Crippen LogP contribution in [0.3, 0.4) is 0 Å². The predicted octanol–water partition coefficient (Wildman–Crippen LogP) is 2.40. The van der Waals surface area contributed by atoms with Crippen molar-refractivity contribution < 1.29 is 0 Å². The Morgan fingerprint density at radius 2 is 2.20 bits per heavy atom. The molecule has 3 nitrogen and oxygen atoms in total. The molecule has 76 valence electrons. The van der Waals surface area contributed by atoms with Crippen LogP contribution in [0.25, 0.3) is 0 Å². The fourth-order valence-corrected chi connectivity index (χ4v) is 1.36. The lowest BCUT2D eigenvalue weighted by atomic mass is 10.2. The number of hydrogen-bond donors (Lipinski definition) is 1. The third kappa shape index (κ3) is 2.77. The van der Waals surface area contributed by atoms with Crippen LogP contribution in [0.5, 0.6) is 0 Å². The average molecular weight is 199 g/mol. The Labute approximate surface area is 89.2 Å². The predicted molar refractivity (Wildman–Crippen MR) is 60.5 cm³/mol. The summed E-state index contributed by atoms with van der Waals surface area (Å²) in [6.07, 6.45) is 5.45. The number of anilines is 1. The highest BCUT2D eigenvalue weighted by Crippen LogP contribution is 2.08. The summed E-state index contributed by atoms with van der Waals surface area (Å²) < 4.78 is 0. The van der Waals surface area contributed by atoms with Gasteiger partial charge in [0.05, 0.1) is 0 Å². The first kappa shape index (κ1) is 9.65. The van der Waals surface area contributed by atoms with Crippen molar-refractivity contribution in [1.29, 1.82) is 0 Å². The van der Waals surface area contributed by atoms with Crippen LogP contribution < -0.4 is 5.32 Å². The molecule has 0 fully saturated rings. The molecule has 15 heavy (non-hydrogen) atoms. The van der Waals surface area contributed by atoms with Gasteiger partial charge in [0.15, 0.2) is 0 Å². The maximum atomic E-state index is 4.14. The van der Waals surface area contributed by atoms with E-state index in [0.29, 0.717) is 0 Å². The van der Waals surface area contributed by atoms with E-state index in [-0.39, 0.29) is 0 Å². The van der Waals surface area contributed by atoms with Crippen LogP contribution in [-0.2, 0) is 6.54 Å². The molecule has 2 aromatic heterocycles. The van der Waals surface area contributed by atoms with Gasteiger partial charge in [-0.3, -0.25) is 9.97 Å². The molecule has 0 saturated carbocycles. The molecule has 0 aliphatic rings. The van der Waals surface area contributed by atoms with Gasteiger partial charge in [-0.1, -0.05) is 6.07 Å². The molecule has 2 rings (SSSR count). The van der Waals surface area contributed by atoms with E-state index in [0.717, 1.165) is 17.9 Å². The smallest absolute Gasteiger partial charge is 0.0416 e. The Morgan fingerprint density at radius 3 is 2.93 bits per heavy atom. The lowest BCUT2D eigenvalue weighted by Gasteiger charge is -2.06. The van der Waals surface area contributed by atoms with E-state index in [9.17, 15) is 0 Å². The molecule has 0 aliphatic carbocycles. The molecule has 1 N–H and O–H groups in total. The Kier molecular flexibility index (Phi) is 2.93. The summed E-state index contributed by atoms with van der Waals surface area (Å²) in [5, 5.41) is 3.32. The fourth-order valence-electron chi connectivity index (χ4n) is 1.36. The van der Waals surface area contributed by atoms with Gasteiger partial charge in [0.2, 0.25) is 0 Å². The standard InChI is InChI=1S/C12H13N3/c1-10-7-12(4-6-14-10)15-9-11-3-2-5-13-8-11/h2-8H,9H2,1H3,(H,14,15). The number of pyridine rings is 2. The number of aryl methyl sites for hydroxylation is 1. The first-order valence-corrected chi connectivity index (χ1v) is 4.90. The van der Waals surface area contributed by atoms with Crippen molar-refractivity contribution in [3.63, 3.8) is 0 Å². The summed E-state index contributed by atoms with van der Waals surface area (Å²) in [7, 11) is 0. The molecular weight excluding hydrogens is 186 g/mol. The average Bonchev–Trinajstić information content (AvgIpc) is 2.28. The quantitative estimate of drug-likeness (QED) is 0.824. The molecule has 0 aliphatic heterocycles. The third-order valence-electron chi connectivity index (χ3n) is 2.12. The van der Waals surface area contributed by atoms with Gasteiger partial charge in [0.1, 0.15) is 0 Å². The Balaban J connectivity index is 1.99. The van der Waals surface area contributed by atoms with Gasteiger partial charge in [0, 0.05) is 36.5 Å². The Hall–Kier alpha value is -1.90. The van der Waals surface area contributed by atoms with Gasteiger partial charge in [0.25, 0.3) is 0 Å². The van der Waals surface area contributed by atoms with Gasteiger partial charge >= 0.3 is 0 Å².